The fourth-order valence-corrected chi connectivity index (χ4v) is 3.45. The third kappa shape index (κ3) is 2.66. The minimum atomic E-state index is 0.0538. The maximum Gasteiger partial charge on any atom is 0.270 e. The van der Waals surface area contributed by atoms with E-state index in [1.54, 1.807) is 0 Å². The van der Waals surface area contributed by atoms with Gasteiger partial charge in [0, 0.05) is 41.3 Å². The molecule has 3 aromatic rings. The molecule has 2 aromatic heterocycles. The Bertz CT molecular complexity index is 861. The Kier molecular flexibility index (Phi) is 3.56. The van der Waals surface area contributed by atoms with Gasteiger partial charge in [-0.2, -0.15) is 0 Å². The number of benzene rings is 1. The first kappa shape index (κ1) is 14.9. The van der Waals surface area contributed by atoms with E-state index < -0.39 is 0 Å². The molecule has 0 aliphatic carbocycles. The lowest BCUT2D eigenvalue weighted by molar-refractivity contribution is 0.0785. The highest BCUT2D eigenvalue weighted by molar-refractivity contribution is 5.98. The second-order valence-corrected chi connectivity index (χ2v) is 6.52. The molecule has 122 valence electrons. The number of aromatic nitrogens is 3. The zero-order chi connectivity index (χ0) is 16.7. The molecule has 0 bridgehead atoms. The number of nitrogens with one attached hydrogen (secondary N) is 1. The number of hydrogen-bond acceptors (Lipinski definition) is 3. The van der Waals surface area contributed by atoms with Crippen molar-refractivity contribution < 1.29 is 4.79 Å². The molecule has 1 atom stereocenters. The molecule has 5 nitrogen and oxygen atoms in total. The molecule has 24 heavy (non-hydrogen) atoms. The van der Waals surface area contributed by atoms with Gasteiger partial charge >= 0.3 is 0 Å². The average Bonchev–Trinajstić information content (AvgIpc) is 3.20. The molecule has 1 aliphatic rings. The zero-order valence-corrected chi connectivity index (χ0v) is 13.9. The van der Waals surface area contributed by atoms with Crippen molar-refractivity contribution in [2.24, 2.45) is 0 Å². The number of aromatic amines is 1. The molecule has 1 aliphatic heterocycles. The van der Waals surface area contributed by atoms with Crippen LogP contribution in [0.3, 0.4) is 0 Å². The van der Waals surface area contributed by atoms with E-state index in [2.05, 4.69) is 15.0 Å². The predicted molar refractivity (Wildman–Crippen MR) is 93.1 cm³/mol. The maximum atomic E-state index is 12.8. The third-order valence-corrected chi connectivity index (χ3v) is 4.60. The standard InChI is InChI=1S/C19H20N4O/c1-12-9-13(2)21-18(20-12)15-7-8-23(11-15)19(24)17-10-14-5-3-4-6-16(14)22-17/h3-6,9-10,15,22H,7-8,11H2,1-2H3/t15-/m1/s1. The number of fused-ring (bicyclic) bond motifs is 1. The first-order valence-electron chi connectivity index (χ1n) is 8.29. The van der Waals surface area contributed by atoms with Crippen LogP contribution in [0, 0.1) is 13.8 Å². The summed E-state index contributed by atoms with van der Waals surface area (Å²) >= 11 is 0. The summed E-state index contributed by atoms with van der Waals surface area (Å²) < 4.78 is 0. The topological polar surface area (TPSA) is 61.9 Å². The first-order valence-corrected chi connectivity index (χ1v) is 8.29. The molecule has 0 saturated carbocycles. The molecule has 1 saturated heterocycles. The highest BCUT2D eigenvalue weighted by Crippen LogP contribution is 2.27. The molecule has 0 unspecified atom stereocenters. The molecule has 0 radical (unpaired) electrons. The number of para-hydroxylation sites is 1. The van der Waals surface area contributed by atoms with Crippen LogP contribution in [0.15, 0.2) is 36.4 Å². The van der Waals surface area contributed by atoms with Gasteiger partial charge in [0.25, 0.3) is 5.91 Å². The van der Waals surface area contributed by atoms with Gasteiger partial charge in [-0.25, -0.2) is 9.97 Å². The summed E-state index contributed by atoms with van der Waals surface area (Å²) in [6.07, 6.45) is 0.912. The van der Waals surface area contributed by atoms with Crippen molar-refractivity contribution in [3.05, 3.63) is 59.3 Å². The number of carbonyl (C=O) groups is 1. The number of H-pyrrole nitrogens is 1. The van der Waals surface area contributed by atoms with E-state index in [9.17, 15) is 4.79 Å². The van der Waals surface area contributed by atoms with Gasteiger partial charge in [-0.05, 0) is 38.5 Å². The molecular formula is C19H20N4O. The van der Waals surface area contributed by atoms with Crippen LogP contribution in [-0.2, 0) is 0 Å². The van der Waals surface area contributed by atoms with Gasteiger partial charge in [0.2, 0.25) is 0 Å². The number of hydrogen-bond donors (Lipinski definition) is 1. The Labute approximate surface area is 140 Å². The third-order valence-electron chi connectivity index (χ3n) is 4.60. The van der Waals surface area contributed by atoms with Crippen molar-refractivity contribution in [2.75, 3.05) is 13.1 Å². The van der Waals surface area contributed by atoms with Crippen molar-refractivity contribution >= 4 is 16.8 Å². The second kappa shape index (κ2) is 5.74. The summed E-state index contributed by atoms with van der Waals surface area (Å²) in [7, 11) is 0. The minimum Gasteiger partial charge on any atom is -0.351 e. The summed E-state index contributed by atoms with van der Waals surface area (Å²) in [5.74, 6) is 1.13. The molecule has 1 N–H and O–H groups in total. The molecule has 4 rings (SSSR count). The number of likely N-dealkylation sites (tertiary alicyclic amines) is 1. The van der Waals surface area contributed by atoms with Crippen LogP contribution in [0.4, 0.5) is 0 Å². The van der Waals surface area contributed by atoms with Crippen LogP contribution in [0.1, 0.15) is 40.0 Å². The van der Waals surface area contributed by atoms with Gasteiger partial charge in [0.05, 0.1) is 0 Å². The van der Waals surface area contributed by atoms with E-state index in [0.717, 1.165) is 41.1 Å². The van der Waals surface area contributed by atoms with Gasteiger partial charge in [-0.3, -0.25) is 4.79 Å². The Morgan fingerprint density at radius 3 is 2.67 bits per heavy atom. The van der Waals surface area contributed by atoms with Gasteiger partial charge in [0.15, 0.2) is 0 Å². The maximum absolute atomic E-state index is 12.8. The van der Waals surface area contributed by atoms with Gasteiger partial charge in [-0.1, -0.05) is 18.2 Å². The Balaban J connectivity index is 1.54. The lowest BCUT2D eigenvalue weighted by Gasteiger charge is -2.15. The Hall–Kier alpha value is -2.69. The van der Waals surface area contributed by atoms with Crippen molar-refractivity contribution in [3.63, 3.8) is 0 Å². The predicted octanol–water partition coefficient (Wildman–Crippen LogP) is 3.20. The van der Waals surface area contributed by atoms with E-state index in [1.807, 2.05) is 55.1 Å². The SMILES string of the molecule is Cc1cc(C)nc([C@@H]2CCN(C(=O)c3cc4ccccc4[nH]3)C2)n1. The zero-order valence-electron chi connectivity index (χ0n) is 13.9. The first-order chi connectivity index (χ1) is 11.6. The molecular weight excluding hydrogens is 300 g/mol. The molecule has 1 amide bonds. The van der Waals surface area contributed by atoms with Crippen LogP contribution >= 0.6 is 0 Å². The summed E-state index contributed by atoms with van der Waals surface area (Å²) in [5, 5.41) is 1.06. The fraction of sp³-hybridized carbons (Fsp3) is 0.316. The Morgan fingerprint density at radius 2 is 1.92 bits per heavy atom. The van der Waals surface area contributed by atoms with Crippen LogP contribution in [0.2, 0.25) is 0 Å². The van der Waals surface area contributed by atoms with Crippen molar-refractivity contribution in [2.45, 2.75) is 26.2 Å². The molecule has 1 fully saturated rings. The second-order valence-electron chi connectivity index (χ2n) is 6.52. The quantitative estimate of drug-likeness (QED) is 0.788. The molecule has 5 heteroatoms. The van der Waals surface area contributed by atoms with Crippen LogP contribution in [0.25, 0.3) is 10.9 Å². The Morgan fingerprint density at radius 1 is 1.17 bits per heavy atom. The normalized spacial score (nSPS) is 17.6. The fourth-order valence-electron chi connectivity index (χ4n) is 3.45. The number of carbonyl (C=O) groups excluding carboxylic acids is 1. The van der Waals surface area contributed by atoms with E-state index in [1.165, 1.54) is 0 Å². The lowest BCUT2D eigenvalue weighted by Crippen LogP contribution is -2.28. The average molecular weight is 320 g/mol. The van der Waals surface area contributed by atoms with E-state index in [0.29, 0.717) is 12.2 Å². The molecule has 3 heterocycles. The van der Waals surface area contributed by atoms with Crippen LogP contribution in [0.5, 0.6) is 0 Å². The van der Waals surface area contributed by atoms with Gasteiger partial charge in [0.1, 0.15) is 11.5 Å². The van der Waals surface area contributed by atoms with Crippen LogP contribution < -0.4 is 0 Å². The molecule has 0 spiro atoms. The number of aryl methyl sites for hydroxylation is 2. The summed E-state index contributed by atoms with van der Waals surface area (Å²) in [6.45, 7) is 5.40. The highest BCUT2D eigenvalue weighted by Gasteiger charge is 2.30. The van der Waals surface area contributed by atoms with Crippen molar-refractivity contribution in [1.82, 2.24) is 19.9 Å². The smallest absolute Gasteiger partial charge is 0.270 e. The van der Waals surface area contributed by atoms with Crippen molar-refractivity contribution in [3.8, 4) is 0 Å². The number of nitrogens with zero attached hydrogens (tertiary/aromatic N) is 3. The van der Waals surface area contributed by atoms with E-state index in [4.69, 9.17) is 0 Å². The highest BCUT2D eigenvalue weighted by atomic mass is 16.2. The van der Waals surface area contributed by atoms with Gasteiger partial charge in [-0.15, -0.1) is 0 Å². The summed E-state index contributed by atoms with van der Waals surface area (Å²) in [4.78, 5) is 27.0. The monoisotopic (exact) mass is 320 g/mol. The van der Waals surface area contributed by atoms with Crippen molar-refractivity contribution in [1.29, 1.82) is 0 Å². The molecule has 1 aromatic carbocycles. The number of amides is 1. The van der Waals surface area contributed by atoms with E-state index in [-0.39, 0.29) is 11.8 Å². The summed E-state index contributed by atoms with van der Waals surface area (Å²) in [6, 6.07) is 11.9. The summed E-state index contributed by atoms with van der Waals surface area (Å²) in [5.41, 5.74) is 3.61. The van der Waals surface area contributed by atoms with E-state index >= 15 is 0 Å². The lowest BCUT2D eigenvalue weighted by atomic mass is 10.1. The largest absolute Gasteiger partial charge is 0.351 e. The number of rotatable bonds is 2. The van der Waals surface area contributed by atoms with Gasteiger partial charge < -0.3 is 9.88 Å². The van der Waals surface area contributed by atoms with Crippen LogP contribution in [-0.4, -0.2) is 38.8 Å². The minimum absolute atomic E-state index is 0.0538.